The molecule has 35 heavy (non-hydrogen) atoms. The molecule has 2 atom stereocenters. The Morgan fingerprint density at radius 3 is 2.54 bits per heavy atom. The molecule has 0 saturated carbocycles. The van der Waals surface area contributed by atoms with Crippen LogP contribution in [0, 0.1) is 18.8 Å². The summed E-state index contributed by atoms with van der Waals surface area (Å²) < 4.78 is 15.3. The van der Waals surface area contributed by atoms with Crippen molar-refractivity contribution in [3.63, 3.8) is 0 Å². The van der Waals surface area contributed by atoms with Crippen molar-refractivity contribution in [1.29, 1.82) is 0 Å². The topological polar surface area (TPSA) is 109 Å². The van der Waals surface area contributed by atoms with Gasteiger partial charge in [0, 0.05) is 23.9 Å². The lowest BCUT2D eigenvalue weighted by molar-refractivity contribution is -0.128. The van der Waals surface area contributed by atoms with Crippen LogP contribution in [0.15, 0.2) is 48.5 Å². The van der Waals surface area contributed by atoms with E-state index in [1.165, 1.54) is 12.8 Å². The van der Waals surface area contributed by atoms with Crippen LogP contribution in [0.4, 0.5) is 0 Å². The van der Waals surface area contributed by atoms with E-state index in [0.717, 1.165) is 40.6 Å². The van der Waals surface area contributed by atoms with Gasteiger partial charge in [0.1, 0.15) is 11.5 Å². The molecule has 2 aromatic carbocycles. The summed E-state index contributed by atoms with van der Waals surface area (Å²) in [4.78, 5) is 10.9. The molecule has 8 nitrogen and oxygen atoms in total. The second-order valence-corrected chi connectivity index (χ2v) is 11.1. The fourth-order valence-corrected chi connectivity index (χ4v) is 5.78. The van der Waals surface area contributed by atoms with Crippen LogP contribution in [-0.4, -0.2) is 46.5 Å². The van der Waals surface area contributed by atoms with Gasteiger partial charge in [-0.1, -0.05) is 25.1 Å². The number of hydroxylamine groups is 1. The van der Waals surface area contributed by atoms with Gasteiger partial charge < -0.3 is 8.92 Å². The Morgan fingerprint density at radius 2 is 1.86 bits per heavy atom. The highest BCUT2D eigenvalue weighted by molar-refractivity contribution is 8.28. The quantitative estimate of drug-likeness (QED) is 0.224. The average molecular weight is 501 g/mol. The molecule has 1 aliphatic rings. The third kappa shape index (κ3) is 8.83. The molecule has 1 aliphatic heterocycles. The van der Waals surface area contributed by atoms with E-state index in [0.29, 0.717) is 12.3 Å². The minimum atomic E-state index is -1.18. The van der Waals surface area contributed by atoms with Gasteiger partial charge in [0.25, 0.3) is 0 Å². The van der Waals surface area contributed by atoms with Gasteiger partial charge in [0.2, 0.25) is 5.91 Å². The van der Waals surface area contributed by atoms with Gasteiger partial charge in [0.15, 0.2) is 0 Å². The van der Waals surface area contributed by atoms with Gasteiger partial charge >= 0.3 is 0 Å². The minimum absolute atomic E-state index is 0.0943. The smallest absolute Gasteiger partial charge is 0.249 e. The molecule has 4 rings (SSSR count). The molecule has 1 amide bonds. The maximum atomic E-state index is 10.9. The number of benzene rings is 2. The molecular weight excluding hydrogens is 464 g/mol. The van der Waals surface area contributed by atoms with Crippen molar-refractivity contribution in [3.8, 4) is 24.3 Å². The number of fused-ring (bicyclic) bond motifs is 1. The van der Waals surface area contributed by atoms with Crippen molar-refractivity contribution in [2.45, 2.75) is 33.1 Å². The van der Waals surface area contributed by atoms with Crippen LogP contribution < -0.4 is 19.1 Å². The number of nitrogens with one attached hydrogen (secondary N) is 3. The predicted octanol–water partition coefficient (Wildman–Crippen LogP) is 4.61. The summed E-state index contributed by atoms with van der Waals surface area (Å²) in [7, 11) is -1.18. The number of amides is 1. The molecule has 190 valence electrons. The number of carbonyl (C=O) groups is 1. The number of para-hydroxylation sites is 1. The van der Waals surface area contributed by atoms with Crippen LogP contribution in [0.1, 0.15) is 32.4 Å². The standard InChI is InChI=1S/C15H25NO2S.C9H9N3O2.C2H2/c1-4-17-14-5-7-15(8-6-14)18-19(3)12-10-13(2)9-11-16-19;13-9(12-14)5-8-6-3-1-2-4-7(6)10-11-8;1-2/h5-8,13,16H,4,9-12H2,1-3H3;1-4,14H,5H2,(H,10,11)(H,12,13);1-2H/t13-;;/m0../s1. The number of hydrogen-bond acceptors (Lipinski definition) is 6. The number of rotatable bonds is 6. The largest absolute Gasteiger partial charge is 0.494 e. The van der Waals surface area contributed by atoms with E-state index in [2.05, 4.69) is 40.9 Å². The zero-order valence-corrected chi connectivity index (χ0v) is 21.4. The lowest BCUT2D eigenvalue weighted by atomic mass is 10.1. The van der Waals surface area contributed by atoms with E-state index in [-0.39, 0.29) is 6.42 Å². The van der Waals surface area contributed by atoms with Gasteiger partial charge in [0.05, 0.1) is 24.2 Å². The van der Waals surface area contributed by atoms with Crippen LogP contribution in [0.3, 0.4) is 0 Å². The summed E-state index contributed by atoms with van der Waals surface area (Å²) in [6.45, 7) is 6.07. The Morgan fingerprint density at radius 1 is 1.17 bits per heavy atom. The zero-order chi connectivity index (χ0) is 25.7. The molecule has 3 aromatic rings. The van der Waals surface area contributed by atoms with Gasteiger partial charge in [-0.05, 0) is 66.5 Å². The van der Waals surface area contributed by atoms with E-state index in [9.17, 15) is 4.79 Å². The molecule has 0 bridgehead atoms. The van der Waals surface area contributed by atoms with E-state index >= 15 is 0 Å². The second-order valence-electron chi connectivity index (χ2n) is 8.20. The van der Waals surface area contributed by atoms with Gasteiger partial charge in [-0.15, -0.1) is 12.8 Å². The molecule has 1 aromatic heterocycles. The number of ether oxygens (including phenoxy) is 1. The number of terminal acetylenes is 1. The average Bonchev–Trinajstić information content (AvgIpc) is 3.20. The van der Waals surface area contributed by atoms with Gasteiger partial charge in [-0.2, -0.15) is 5.10 Å². The number of H-pyrrole nitrogens is 1. The van der Waals surface area contributed by atoms with Crippen molar-refractivity contribution < 1.29 is 18.9 Å². The summed E-state index contributed by atoms with van der Waals surface area (Å²) in [6.07, 6.45) is 12.8. The first-order chi connectivity index (χ1) is 16.9. The predicted molar refractivity (Wildman–Crippen MR) is 143 cm³/mol. The summed E-state index contributed by atoms with van der Waals surface area (Å²) in [5, 5.41) is 16.0. The first-order valence-corrected chi connectivity index (χ1v) is 13.7. The van der Waals surface area contributed by atoms with Crippen molar-refractivity contribution in [2.24, 2.45) is 5.92 Å². The molecule has 0 spiro atoms. The summed E-state index contributed by atoms with van der Waals surface area (Å²) >= 11 is 0. The molecule has 1 fully saturated rings. The normalized spacial score (nSPS) is 21.0. The Bertz CT molecular complexity index is 1070. The number of carbonyl (C=O) groups excluding carboxylic acids is 1. The summed E-state index contributed by atoms with van der Waals surface area (Å²) in [5.74, 6) is 3.30. The molecular formula is C26H36N4O4S. The van der Waals surface area contributed by atoms with Crippen LogP contribution >= 0.6 is 10.5 Å². The van der Waals surface area contributed by atoms with Crippen LogP contribution in [0.2, 0.25) is 0 Å². The third-order valence-corrected chi connectivity index (χ3v) is 7.85. The highest BCUT2D eigenvalue weighted by Crippen LogP contribution is 2.44. The number of aromatic nitrogens is 2. The summed E-state index contributed by atoms with van der Waals surface area (Å²) in [6, 6.07) is 15.4. The number of nitrogens with zero attached hydrogens (tertiary/aromatic N) is 1. The van der Waals surface area contributed by atoms with E-state index in [1.807, 2.05) is 55.5 Å². The fraction of sp³-hybridized carbons (Fsp3) is 0.385. The maximum Gasteiger partial charge on any atom is 0.249 e. The number of aromatic amines is 1. The van der Waals surface area contributed by atoms with E-state index in [4.69, 9.17) is 14.1 Å². The lowest BCUT2D eigenvalue weighted by Gasteiger charge is -2.35. The van der Waals surface area contributed by atoms with Gasteiger partial charge in [-0.3, -0.25) is 19.8 Å². The lowest BCUT2D eigenvalue weighted by Crippen LogP contribution is -2.25. The van der Waals surface area contributed by atoms with E-state index in [1.54, 1.807) is 5.48 Å². The zero-order valence-electron chi connectivity index (χ0n) is 20.6. The molecule has 9 heteroatoms. The monoisotopic (exact) mass is 500 g/mol. The Kier molecular flexibility index (Phi) is 11.4. The maximum absolute atomic E-state index is 10.9. The van der Waals surface area contributed by atoms with E-state index < -0.39 is 16.4 Å². The summed E-state index contributed by atoms with van der Waals surface area (Å²) in [5.41, 5.74) is 3.10. The second kappa shape index (κ2) is 14.3. The SMILES string of the molecule is C#C.CCOc1ccc(OS2(C)CC[C@@H](C)CCN2)cc1.O=C(Cc1[nH]nc2ccccc12)NO. The van der Waals surface area contributed by atoms with Crippen molar-refractivity contribution in [2.75, 3.05) is 25.2 Å². The molecule has 0 radical (unpaired) electrons. The number of hydrogen-bond donors (Lipinski definition) is 4. The van der Waals surface area contributed by atoms with Crippen LogP contribution in [0.5, 0.6) is 11.5 Å². The Hall–Kier alpha value is -3.19. The molecule has 4 N–H and O–H groups in total. The fourth-order valence-electron chi connectivity index (χ4n) is 3.55. The van der Waals surface area contributed by atoms with Crippen molar-refractivity contribution >= 4 is 27.3 Å². The Balaban J connectivity index is 0.000000239. The first kappa shape index (κ1) is 28.1. The highest BCUT2D eigenvalue weighted by atomic mass is 32.3. The molecule has 1 saturated heterocycles. The molecule has 0 aliphatic carbocycles. The van der Waals surface area contributed by atoms with Crippen molar-refractivity contribution in [3.05, 3.63) is 54.2 Å². The van der Waals surface area contributed by atoms with Crippen LogP contribution in [-0.2, 0) is 11.2 Å². The van der Waals surface area contributed by atoms with Crippen molar-refractivity contribution in [1.82, 2.24) is 20.4 Å². The molecule has 2 heterocycles. The minimum Gasteiger partial charge on any atom is -0.494 e. The highest BCUT2D eigenvalue weighted by Gasteiger charge is 2.24. The molecule has 1 unspecified atom stereocenters. The van der Waals surface area contributed by atoms with Gasteiger partial charge in [-0.25, -0.2) is 5.48 Å². The first-order valence-electron chi connectivity index (χ1n) is 11.5. The Labute approximate surface area is 209 Å². The van der Waals surface area contributed by atoms with Crippen LogP contribution in [0.25, 0.3) is 10.9 Å². The third-order valence-electron chi connectivity index (χ3n) is 5.46.